The molecule has 1 aliphatic carbocycles. The second-order valence-electron chi connectivity index (χ2n) is 7.77. The first-order chi connectivity index (χ1) is 13.6. The topological polar surface area (TPSA) is 49.4 Å². The van der Waals surface area contributed by atoms with Gasteiger partial charge in [0.05, 0.1) is 0 Å². The summed E-state index contributed by atoms with van der Waals surface area (Å²) in [5.41, 5.74) is 2.65. The lowest BCUT2D eigenvalue weighted by Crippen LogP contribution is -2.31. The molecule has 2 fully saturated rings. The van der Waals surface area contributed by atoms with Crippen LogP contribution in [0.5, 0.6) is 0 Å². The van der Waals surface area contributed by atoms with Crippen molar-refractivity contribution < 1.29 is 9.59 Å². The molecule has 2 unspecified atom stereocenters. The average molecular weight is 441 g/mol. The Labute approximate surface area is 174 Å². The van der Waals surface area contributed by atoms with Gasteiger partial charge in [0.25, 0.3) is 5.91 Å². The SMILES string of the molecule is O=C(Nc1ccc(C(=O)N2CCCCCC2)cc1)C1CC1c1ccc(Br)cc1. The molecule has 1 N–H and O–H groups in total. The third kappa shape index (κ3) is 4.46. The average Bonchev–Trinajstić information content (AvgIpc) is 3.53. The Kier molecular flexibility index (Phi) is 5.81. The Hall–Kier alpha value is -2.14. The van der Waals surface area contributed by atoms with E-state index in [4.69, 9.17) is 0 Å². The van der Waals surface area contributed by atoms with Crippen LogP contribution >= 0.6 is 15.9 Å². The van der Waals surface area contributed by atoms with Gasteiger partial charge in [0.1, 0.15) is 0 Å². The largest absolute Gasteiger partial charge is 0.339 e. The van der Waals surface area contributed by atoms with Crippen LogP contribution in [0.25, 0.3) is 0 Å². The maximum absolute atomic E-state index is 12.7. The van der Waals surface area contributed by atoms with Gasteiger partial charge in [-0.15, -0.1) is 0 Å². The van der Waals surface area contributed by atoms with E-state index < -0.39 is 0 Å². The van der Waals surface area contributed by atoms with E-state index in [-0.39, 0.29) is 17.7 Å². The molecule has 5 heteroatoms. The fourth-order valence-corrected chi connectivity index (χ4v) is 4.21. The molecule has 0 aromatic heterocycles. The molecule has 0 bridgehead atoms. The molecule has 1 aliphatic heterocycles. The molecule has 2 aromatic rings. The van der Waals surface area contributed by atoms with Crippen molar-refractivity contribution in [1.82, 2.24) is 4.90 Å². The van der Waals surface area contributed by atoms with E-state index in [1.165, 1.54) is 18.4 Å². The summed E-state index contributed by atoms with van der Waals surface area (Å²) in [6.07, 6.45) is 5.47. The number of hydrogen-bond donors (Lipinski definition) is 1. The molecule has 1 saturated carbocycles. The molecule has 0 radical (unpaired) electrons. The van der Waals surface area contributed by atoms with Crippen molar-refractivity contribution in [2.75, 3.05) is 18.4 Å². The molecule has 4 nitrogen and oxygen atoms in total. The first-order valence-electron chi connectivity index (χ1n) is 10.1. The monoisotopic (exact) mass is 440 g/mol. The van der Waals surface area contributed by atoms with Crippen LogP contribution < -0.4 is 5.32 Å². The normalized spacial score (nSPS) is 21.7. The number of rotatable bonds is 4. The van der Waals surface area contributed by atoms with Crippen molar-refractivity contribution in [3.8, 4) is 0 Å². The zero-order chi connectivity index (χ0) is 19.5. The van der Waals surface area contributed by atoms with Crippen LogP contribution in [0.2, 0.25) is 0 Å². The number of halogens is 1. The summed E-state index contributed by atoms with van der Waals surface area (Å²) >= 11 is 3.44. The lowest BCUT2D eigenvalue weighted by molar-refractivity contribution is -0.117. The van der Waals surface area contributed by atoms with Gasteiger partial charge in [-0.2, -0.15) is 0 Å². The number of amides is 2. The maximum atomic E-state index is 12.7. The van der Waals surface area contributed by atoms with Crippen LogP contribution in [0.4, 0.5) is 5.69 Å². The number of nitrogens with zero attached hydrogens (tertiary/aromatic N) is 1. The summed E-state index contributed by atoms with van der Waals surface area (Å²) in [5, 5.41) is 3.00. The van der Waals surface area contributed by atoms with Crippen LogP contribution in [0.3, 0.4) is 0 Å². The van der Waals surface area contributed by atoms with Gasteiger partial charge in [-0.05, 0) is 67.1 Å². The number of likely N-dealkylation sites (tertiary alicyclic amines) is 1. The quantitative estimate of drug-likeness (QED) is 0.709. The van der Waals surface area contributed by atoms with Gasteiger partial charge in [-0.25, -0.2) is 0 Å². The van der Waals surface area contributed by atoms with E-state index in [0.29, 0.717) is 11.5 Å². The van der Waals surface area contributed by atoms with E-state index in [1.54, 1.807) is 0 Å². The lowest BCUT2D eigenvalue weighted by Gasteiger charge is -2.20. The van der Waals surface area contributed by atoms with E-state index in [9.17, 15) is 9.59 Å². The lowest BCUT2D eigenvalue weighted by atomic mass is 10.1. The van der Waals surface area contributed by atoms with Crippen molar-refractivity contribution in [2.24, 2.45) is 5.92 Å². The maximum Gasteiger partial charge on any atom is 0.253 e. The predicted molar refractivity (Wildman–Crippen MR) is 114 cm³/mol. The van der Waals surface area contributed by atoms with Gasteiger partial charge in [-0.3, -0.25) is 9.59 Å². The summed E-state index contributed by atoms with van der Waals surface area (Å²) in [7, 11) is 0. The fourth-order valence-electron chi connectivity index (χ4n) is 3.95. The van der Waals surface area contributed by atoms with Crippen LogP contribution in [0.15, 0.2) is 53.0 Å². The van der Waals surface area contributed by atoms with Gasteiger partial charge in [0, 0.05) is 34.7 Å². The smallest absolute Gasteiger partial charge is 0.253 e. The summed E-state index contributed by atoms with van der Waals surface area (Å²) in [5.74, 6) is 0.480. The number of benzene rings is 2. The van der Waals surface area contributed by atoms with E-state index in [0.717, 1.165) is 42.5 Å². The standard InChI is InChI=1S/C23H25BrN2O2/c24-18-9-5-16(6-10-18)20-15-21(20)22(27)25-19-11-7-17(8-12-19)23(28)26-13-3-1-2-4-14-26/h5-12,20-21H,1-4,13-15H2,(H,25,27). The minimum atomic E-state index is 0.0274. The first-order valence-corrected chi connectivity index (χ1v) is 10.9. The van der Waals surface area contributed by atoms with E-state index in [2.05, 4.69) is 33.4 Å². The molecule has 0 spiro atoms. The Morgan fingerprint density at radius 3 is 2.18 bits per heavy atom. The van der Waals surface area contributed by atoms with Crippen molar-refractivity contribution in [3.63, 3.8) is 0 Å². The third-order valence-corrected chi connectivity index (χ3v) is 6.25. The number of nitrogens with one attached hydrogen (secondary N) is 1. The minimum absolute atomic E-state index is 0.0274. The highest BCUT2D eigenvalue weighted by Crippen LogP contribution is 2.48. The number of carbonyl (C=O) groups excluding carboxylic acids is 2. The van der Waals surface area contributed by atoms with Gasteiger partial charge in [0.2, 0.25) is 5.91 Å². The molecule has 146 valence electrons. The van der Waals surface area contributed by atoms with E-state index >= 15 is 0 Å². The van der Waals surface area contributed by atoms with Gasteiger partial charge >= 0.3 is 0 Å². The zero-order valence-corrected chi connectivity index (χ0v) is 17.5. The Balaban J connectivity index is 1.33. The Morgan fingerprint density at radius 1 is 0.893 bits per heavy atom. The Bertz CT molecular complexity index is 840. The molecule has 2 aromatic carbocycles. The summed E-state index contributed by atoms with van der Waals surface area (Å²) in [6.45, 7) is 1.69. The highest BCUT2D eigenvalue weighted by molar-refractivity contribution is 9.10. The van der Waals surface area contributed by atoms with Crippen LogP contribution in [-0.2, 0) is 4.79 Å². The summed E-state index contributed by atoms with van der Waals surface area (Å²) in [4.78, 5) is 27.1. The Morgan fingerprint density at radius 2 is 1.54 bits per heavy atom. The molecule has 4 rings (SSSR count). The number of anilines is 1. The summed E-state index contributed by atoms with van der Waals surface area (Å²) < 4.78 is 1.05. The number of hydrogen-bond acceptors (Lipinski definition) is 2. The molecule has 1 heterocycles. The minimum Gasteiger partial charge on any atom is -0.339 e. The van der Waals surface area contributed by atoms with Gasteiger partial charge < -0.3 is 10.2 Å². The first kappa shape index (κ1) is 19.2. The second kappa shape index (κ2) is 8.48. The van der Waals surface area contributed by atoms with Crippen molar-refractivity contribution in [2.45, 2.75) is 38.0 Å². The molecular weight excluding hydrogens is 416 g/mol. The van der Waals surface area contributed by atoms with Gasteiger partial charge in [-0.1, -0.05) is 40.9 Å². The third-order valence-electron chi connectivity index (χ3n) is 5.72. The molecule has 2 aliphatic rings. The van der Waals surface area contributed by atoms with Crippen molar-refractivity contribution in [3.05, 3.63) is 64.1 Å². The number of carbonyl (C=O) groups is 2. The zero-order valence-electron chi connectivity index (χ0n) is 15.9. The molecule has 1 saturated heterocycles. The highest BCUT2D eigenvalue weighted by Gasteiger charge is 2.43. The van der Waals surface area contributed by atoms with Crippen molar-refractivity contribution >= 4 is 33.4 Å². The van der Waals surface area contributed by atoms with Crippen molar-refractivity contribution in [1.29, 1.82) is 0 Å². The second-order valence-corrected chi connectivity index (χ2v) is 8.69. The molecular formula is C23H25BrN2O2. The van der Waals surface area contributed by atoms with Crippen LogP contribution in [0.1, 0.15) is 53.9 Å². The predicted octanol–water partition coefficient (Wildman–Crippen LogP) is 5.21. The molecule has 2 atom stereocenters. The fraction of sp³-hybridized carbons (Fsp3) is 0.391. The van der Waals surface area contributed by atoms with Crippen LogP contribution in [-0.4, -0.2) is 29.8 Å². The molecule has 2 amide bonds. The highest BCUT2D eigenvalue weighted by atomic mass is 79.9. The summed E-state index contributed by atoms with van der Waals surface area (Å²) in [6, 6.07) is 15.5. The van der Waals surface area contributed by atoms with Crippen LogP contribution in [0, 0.1) is 5.92 Å². The molecule has 28 heavy (non-hydrogen) atoms. The van der Waals surface area contributed by atoms with E-state index in [1.807, 2.05) is 41.3 Å². The van der Waals surface area contributed by atoms with Gasteiger partial charge in [0.15, 0.2) is 0 Å².